The normalized spacial score (nSPS) is 9.93. The zero-order chi connectivity index (χ0) is 10.8. The van der Waals surface area contributed by atoms with Gasteiger partial charge in [-0.05, 0) is 44.0 Å². The fourth-order valence-corrected chi connectivity index (χ4v) is 1.58. The number of para-hydroxylation sites is 1. The molecule has 1 aromatic carbocycles. The van der Waals surface area contributed by atoms with Crippen LogP contribution in [0.3, 0.4) is 0 Å². The molecule has 0 radical (unpaired) electrons. The molecule has 0 amide bonds. The van der Waals surface area contributed by atoms with Crippen LogP contribution in [-0.2, 0) is 0 Å². The van der Waals surface area contributed by atoms with E-state index in [0.717, 1.165) is 0 Å². The fourth-order valence-electron chi connectivity index (χ4n) is 1.12. The van der Waals surface area contributed by atoms with Crippen molar-refractivity contribution in [3.8, 4) is 11.8 Å². The van der Waals surface area contributed by atoms with Crippen LogP contribution in [0.15, 0.2) is 33.5 Å². The Morgan fingerprint density at radius 1 is 1.13 bits per heavy atom. The van der Waals surface area contributed by atoms with E-state index in [9.17, 15) is 0 Å². The van der Waals surface area contributed by atoms with E-state index >= 15 is 0 Å². The molecule has 0 aliphatic rings. The SMILES string of the molecule is N#Cc1ccccc1-n1nc(Br)c(Br)n1. The number of benzene rings is 1. The second-order valence-electron chi connectivity index (χ2n) is 2.70. The summed E-state index contributed by atoms with van der Waals surface area (Å²) in [6.45, 7) is 0. The van der Waals surface area contributed by atoms with E-state index in [2.05, 4.69) is 48.1 Å². The van der Waals surface area contributed by atoms with E-state index in [-0.39, 0.29) is 0 Å². The first-order valence-corrected chi connectivity index (χ1v) is 5.59. The van der Waals surface area contributed by atoms with Gasteiger partial charge in [0, 0.05) is 0 Å². The molecule has 1 aromatic heterocycles. The molecule has 0 aliphatic heterocycles. The second-order valence-corrected chi connectivity index (χ2v) is 4.20. The first kappa shape index (κ1) is 10.3. The van der Waals surface area contributed by atoms with Gasteiger partial charge in [-0.1, -0.05) is 12.1 Å². The maximum atomic E-state index is 8.91. The van der Waals surface area contributed by atoms with Crippen LogP contribution in [0.1, 0.15) is 5.56 Å². The zero-order valence-electron chi connectivity index (χ0n) is 7.35. The van der Waals surface area contributed by atoms with E-state index in [1.54, 1.807) is 18.2 Å². The van der Waals surface area contributed by atoms with Gasteiger partial charge in [-0.3, -0.25) is 0 Å². The molecular weight excluding hydrogens is 324 g/mol. The number of nitriles is 1. The third-order valence-corrected chi connectivity index (χ3v) is 3.38. The van der Waals surface area contributed by atoms with E-state index in [1.807, 2.05) is 6.07 Å². The predicted octanol–water partition coefficient (Wildman–Crippen LogP) is 2.66. The second kappa shape index (κ2) is 4.13. The third kappa shape index (κ3) is 1.94. The van der Waals surface area contributed by atoms with Crippen molar-refractivity contribution in [2.45, 2.75) is 0 Å². The number of aromatic nitrogens is 3. The molecule has 0 saturated carbocycles. The Morgan fingerprint density at radius 3 is 2.33 bits per heavy atom. The van der Waals surface area contributed by atoms with Crippen molar-refractivity contribution in [2.24, 2.45) is 0 Å². The molecular formula is C9H4Br2N4. The highest BCUT2D eigenvalue weighted by atomic mass is 79.9. The molecule has 4 nitrogen and oxygen atoms in total. The van der Waals surface area contributed by atoms with Crippen LogP contribution in [0, 0.1) is 11.3 Å². The van der Waals surface area contributed by atoms with E-state index < -0.39 is 0 Å². The Morgan fingerprint density at radius 2 is 1.73 bits per heavy atom. The Kier molecular flexibility index (Phi) is 2.84. The van der Waals surface area contributed by atoms with Crippen LogP contribution >= 0.6 is 31.9 Å². The summed E-state index contributed by atoms with van der Waals surface area (Å²) in [6, 6.07) is 9.24. The zero-order valence-corrected chi connectivity index (χ0v) is 10.5. The van der Waals surface area contributed by atoms with E-state index in [4.69, 9.17) is 5.26 Å². The summed E-state index contributed by atoms with van der Waals surface area (Å²) in [5.74, 6) is 0. The topological polar surface area (TPSA) is 54.5 Å². The van der Waals surface area contributed by atoms with Crippen molar-refractivity contribution < 1.29 is 0 Å². The van der Waals surface area contributed by atoms with Gasteiger partial charge in [0.15, 0.2) is 9.21 Å². The van der Waals surface area contributed by atoms with Gasteiger partial charge in [0.2, 0.25) is 0 Å². The van der Waals surface area contributed by atoms with Gasteiger partial charge in [0.05, 0.1) is 5.56 Å². The first-order chi connectivity index (χ1) is 7.22. The van der Waals surface area contributed by atoms with Gasteiger partial charge in [-0.25, -0.2) is 0 Å². The lowest BCUT2D eigenvalue weighted by Crippen LogP contribution is -2.01. The highest BCUT2D eigenvalue weighted by Crippen LogP contribution is 2.20. The minimum absolute atomic E-state index is 0.535. The third-order valence-electron chi connectivity index (χ3n) is 1.78. The summed E-state index contributed by atoms with van der Waals surface area (Å²) in [5, 5.41) is 17.1. The molecule has 74 valence electrons. The van der Waals surface area contributed by atoms with Crippen LogP contribution in [0.4, 0.5) is 0 Å². The van der Waals surface area contributed by atoms with Gasteiger partial charge < -0.3 is 0 Å². The quantitative estimate of drug-likeness (QED) is 0.809. The average molecular weight is 328 g/mol. The molecule has 0 N–H and O–H groups in total. The molecule has 2 aromatic rings. The molecule has 0 bridgehead atoms. The van der Waals surface area contributed by atoms with Crippen molar-refractivity contribution >= 4 is 31.9 Å². The molecule has 0 fully saturated rings. The smallest absolute Gasteiger partial charge is 0.163 e. The number of hydrogen-bond donors (Lipinski definition) is 0. The Hall–Kier alpha value is -1.19. The number of nitrogens with zero attached hydrogens (tertiary/aromatic N) is 4. The maximum Gasteiger partial charge on any atom is 0.163 e. The number of rotatable bonds is 1. The number of halogens is 2. The van der Waals surface area contributed by atoms with Crippen LogP contribution in [-0.4, -0.2) is 15.0 Å². The Labute approximate surface area is 103 Å². The van der Waals surface area contributed by atoms with Crippen molar-refractivity contribution in [1.82, 2.24) is 15.0 Å². The molecule has 6 heteroatoms. The van der Waals surface area contributed by atoms with Crippen LogP contribution in [0.2, 0.25) is 0 Å². The van der Waals surface area contributed by atoms with Crippen molar-refractivity contribution in [2.75, 3.05) is 0 Å². The molecule has 2 rings (SSSR count). The summed E-state index contributed by atoms with van der Waals surface area (Å²) < 4.78 is 1.21. The highest BCUT2D eigenvalue weighted by Gasteiger charge is 2.09. The van der Waals surface area contributed by atoms with Gasteiger partial charge in [0.1, 0.15) is 11.8 Å². The highest BCUT2D eigenvalue weighted by molar-refractivity contribution is 9.13. The predicted molar refractivity (Wildman–Crippen MR) is 61.5 cm³/mol. The Bertz CT molecular complexity index is 522. The van der Waals surface area contributed by atoms with E-state index in [1.165, 1.54) is 4.80 Å². The summed E-state index contributed by atoms with van der Waals surface area (Å²) >= 11 is 6.47. The molecule has 0 spiro atoms. The van der Waals surface area contributed by atoms with Gasteiger partial charge in [0.25, 0.3) is 0 Å². The van der Waals surface area contributed by atoms with Gasteiger partial charge in [-0.2, -0.15) is 5.26 Å². The number of hydrogen-bond acceptors (Lipinski definition) is 3. The van der Waals surface area contributed by atoms with Crippen LogP contribution < -0.4 is 0 Å². The van der Waals surface area contributed by atoms with Gasteiger partial charge >= 0.3 is 0 Å². The molecule has 0 atom stereocenters. The standard InChI is InChI=1S/C9H4Br2N4/c10-8-9(11)14-15(13-8)7-4-2-1-3-6(7)5-12/h1-4H. The van der Waals surface area contributed by atoms with Crippen LogP contribution in [0.5, 0.6) is 0 Å². The molecule has 15 heavy (non-hydrogen) atoms. The summed E-state index contributed by atoms with van der Waals surface area (Å²) in [5.41, 5.74) is 1.19. The first-order valence-electron chi connectivity index (χ1n) is 4.00. The molecule has 0 aliphatic carbocycles. The maximum absolute atomic E-state index is 8.91. The van der Waals surface area contributed by atoms with Gasteiger partial charge in [-0.15, -0.1) is 15.0 Å². The van der Waals surface area contributed by atoms with Crippen molar-refractivity contribution in [3.63, 3.8) is 0 Å². The molecule has 1 heterocycles. The lowest BCUT2D eigenvalue weighted by molar-refractivity contribution is 0.743. The Balaban J connectivity index is 2.59. The van der Waals surface area contributed by atoms with Crippen molar-refractivity contribution in [3.05, 3.63) is 39.0 Å². The monoisotopic (exact) mass is 326 g/mol. The van der Waals surface area contributed by atoms with E-state index in [0.29, 0.717) is 20.5 Å². The molecule has 0 unspecified atom stereocenters. The molecule has 0 saturated heterocycles. The lowest BCUT2D eigenvalue weighted by Gasteiger charge is -2.00. The summed E-state index contributed by atoms with van der Waals surface area (Å²) in [7, 11) is 0. The minimum Gasteiger partial charge on any atom is -0.192 e. The minimum atomic E-state index is 0.535. The summed E-state index contributed by atoms with van der Waals surface area (Å²) in [4.78, 5) is 1.41. The lowest BCUT2D eigenvalue weighted by atomic mass is 10.2. The van der Waals surface area contributed by atoms with Crippen molar-refractivity contribution in [1.29, 1.82) is 5.26 Å². The largest absolute Gasteiger partial charge is 0.192 e. The summed E-state index contributed by atoms with van der Waals surface area (Å²) in [6.07, 6.45) is 0. The average Bonchev–Trinajstić information content (AvgIpc) is 2.59. The van der Waals surface area contributed by atoms with Crippen LogP contribution in [0.25, 0.3) is 5.69 Å². The fraction of sp³-hybridized carbons (Fsp3) is 0.